The van der Waals surface area contributed by atoms with Crippen molar-refractivity contribution in [3.63, 3.8) is 0 Å². The number of rotatable bonds is 4. The van der Waals surface area contributed by atoms with Crippen LogP contribution in [-0.4, -0.2) is 61.0 Å². The molecule has 7 heteroatoms. The third-order valence-corrected chi connectivity index (χ3v) is 7.27. The molecule has 186 valence electrons. The topological polar surface area (TPSA) is 63.0 Å². The number of fused-ring (bicyclic) bond motifs is 3. The molecule has 35 heavy (non-hydrogen) atoms. The van der Waals surface area contributed by atoms with Crippen molar-refractivity contribution >= 4 is 11.9 Å². The van der Waals surface area contributed by atoms with Crippen molar-refractivity contribution < 1.29 is 9.53 Å². The Morgan fingerprint density at radius 2 is 1.86 bits per heavy atom. The Morgan fingerprint density at radius 1 is 1.11 bits per heavy atom. The number of carbonyl (C=O) groups excluding carboxylic acids is 1. The average molecular weight is 476 g/mol. The first-order chi connectivity index (χ1) is 16.7. The predicted molar refractivity (Wildman–Crippen MR) is 137 cm³/mol. The van der Waals surface area contributed by atoms with Crippen LogP contribution in [0.15, 0.2) is 42.7 Å². The van der Waals surface area contributed by atoms with Gasteiger partial charge in [-0.3, -0.25) is 9.30 Å². The van der Waals surface area contributed by atoms with Gasteiger partial charge in [0.25, 0.3) is 0 Å². The van der Waals surface area contributed by atoms with E-state index in [2.05, 4.69) is 58.6 Å². The van der Waals surface area contributed by atoms with Gasteiger partial charge >= 0.3 is 6.09 Å². The Kier molecular flexibility index (Phi) is 6.30. The third-order valence-electron chi connectivity index (χ3n) is 7.27. The van der Waals surface area contributed by atoms with Crippen LogP contribution in [0, 0.1) is 0 Å². The normalized spacial score (nSPS) is 21.0. The highest BCUT2D eigenvalue weighted by Crippen LogP contribution is 2.35. The number of aromatic nitrogens is 3. The van der Waals surface area contributed by atoms with Crippen molar-refractivity contribution in [2.75, 3.05) is 13.1 Å². The molecule has 4 heterocycles. The quantitative estimate of drug-likeness (QED) is 0.499. The van der Waals surface area contributed by atoms with E-state index in [4.69, 9.17) is 9.72 Å². The molecular weight excluding hydrogens is 438 g/mol. The Labute approximate surface area is 208 Å². The molecule has 5 rings (SSSR count). The van der Waals surface area contributed by atoms with Crippen LogP contribution >= 0.6 is 0 Å². The van der Waals surface area contributed by atoms with Gasteiger partial charge in [-0.1, -0.05) is 38.1 Å². The number of nitrogens with zero attached hydrogens (tertiary/aromatic N) is 5. The van der Waals surface area contributed by atoms with Gasteiger partial charge in [-0.2, -0.15) is 0 Å². The fourth-order valence-electron chi connectivity index (χ4n) is 5.44. The van der Waals surface area contributed by atoms with Gasteiger partial charge in [-0.05, 0) is 57.6 Å². The molecular formula is C28H37N5O2. The molecule has 2 aliphatic rings. The first-order valence-electron chi connectivity index (χ1n) is 12.9. The molecule has 2 aliphatic heterocycles. The van der Waals surface area contributed by atoms with Crippen LogP contribution in [0.5, 0.6) is 0 Å². The minimum Gasteiger partial charge on any atom is -0.444 e. The first-order valence-corrected chi connectivity index (χ1v) is 12.9. The summed E-state index contributed by atoms with van der Waals surface area (Å²) in [4.78, 5) is 26.8. The van der Waals surface area contributed by atoms with E-state index < -0.39 is 5.60 Å². The number of benzene rings is 1. The molecule has 1 amide bonds. The lowest BCUT2D eigenvalue weighted by Crippen LogP contribution is -2.43. The Bertz CT molecular complexity index is 1190. The maximum absolute atomic E-state index is 12.8. The van der Waals surface area contributed by atoms with E-state index in [0.29, 0.717) is 24.5 Å². The second-order valence-corrected chi connectivity index (χ2v) is 11.2. The van der Waals surface area contributed by atoms with E-state index in [0.717, 1.165) is 48.7 Å². The number of likely N-dealkylation sites (tertiary alicyclic amines) is 1. The van der Waals surface area contributed by atoms with Crippen LogP contribution in [0.25, 0.3) is 17.0 Å². The smallest absolute Gasteiger partial charge is 0.410 e. The number of hydrogen-bond donors (Lipinski definition) is 0. The third kappa shape index (κ3) is 4.92. The fourth-order valence-corrected chi connectivity index (χ4v) is 5.44. The molecule has 2 atom stereocenters. The molecule has 0 N–H and O–H groups in total. The molecule has 1 aromatic carbocycles. The van der Waals surface area contributed by atoms with Crippen molar-refractivity contribution in [1.82, 2.24) is 24.2 Å². The maximum Gasteiger partial charge on any atom is 0.410 e. The van der Waals surface area contributed by atoms with E-state index in [-0.39, 0.29) is 6.09 Å². The van der Waals surface area contributed by atoms with Crippen LogP contribution in [0.2, 0.25) is 0 Å². The van der Waals surface area contributed by atoms with Crippen molar-refractivity contribution in [2.24, 2.45) is 0 Å². The van der Waals surface area contributed by atoms with Crippen LogP contribution in [0.1, 0.15) is 71.1 Å². The molecule has 0 radical (unpaired) electrons. The maximum atomic E-state index is 12.8. The second-order valence-electron chi connectivity index (χ2n) is 11.2. The number of imidazole rings is 1. The van der Waals surface area contributed by atoms with E-state index >= 15 is 0 Å². The summed E-state index contributed by atoms with van der Waals surface area (Å²) in [5, 5.41) is 0. The van der Waals surface area contributed by atoms with Gasteiger partial charge in [0.05, 0.1) is 11.4 Å². The predicted octanol–water partition coefficient (Wildman–Crippen LogP) is 5.49. The Morgan fingerprint density at radius 3 is 2.57 bits per heavy atom. The van der Waals surface area contributed by atoms with Gasteiger partial charge in [0.15, 0.2) is 0 Å². The van der Waals surface area contributed by atoms with Crippen molar-refractivity contribution in [3.05, 3.63) is 54.0 Å². The lowest BCUT2D eigenvalue weighted by Gasteiger charge is -2.30. The SMILES string of the molecule is CC(C)c1ccc(-c2nc3ncccn3c2CN2C3CCC2CN(C(=O)OC(C)(C)C)CC3)cc1. The molecule has 3 aromatic rings. The van der Waals surface area contributed by atoms with Gasteiger partial charge < -0.3 is 9.64 Å². The summed E-state index contributed by atoms with van der Waals surface area (Å²) in [6, 6.07) is 11.5. The van der Waals surface area contributed by atoms with Crippen LogP contribution < -0.4 is 0 Å². The van der Waals surface area contributed by atoms with E-state index in [1.165, 1.54) is 12.0 Å². The molecule has 2 fully saturated rings. The monoisotopic (exact) mass is 475 g/mol. The summed E-state index contributed by atoms with van der Waals surface area (Å²) in [7, 11) is 0. The summed E-state index contributed by atoms with van der Waals surface area (Å²) in [5.74, 6) is 1.22. The highest BCUT2D eigenvalue weighted by Gasteiger charge is 2.40. The molecule has 2 bridgehead atoms. The lowest BCUT2D eigenvalue weighted by atomic mass is 10.0. The minimum atomic E-state index is -0.481. The van der Waals surface area contributed by atoms with Gasteiger partial charge in [-0.15, -0.1) is 0 Å². The van der Waals surface area contributed by atoms with Gasteiger partial charge in [0, 0.05) is 49.7 Å². The summed E-state index contributed by atoms with van der Waals surface area (Å²) in [5.41, 5.74) is 4.11. The van der Waals surface area contributed by atoms with Gasteiger partial charge in [0.2, 0.25) is 5.78 Å². The van der Waals surface area contributed by atoms with Crippen LogP contribution in [-0.2, 0) is 11.3 Å². The summed E-state index contributed by atoms with van der Waals surface area (Å²) in [6.07, 6.45) is 6.88. The molecule has 0 spiro atoms. The van der Waals surface area contributed by atoms with E-state index in [1.807, 2.05) is 31.7 Å². The summed E-state index contributed by atoms with van der Waals surface area (Å²) in [6.45, 7) is 12.4. The molecule has 2 unspecified atom stereocenters. The van der Waals surface area contributed by atoms with Crippen molar-refractivity contribution in [3.8, 4) is 11.3 Å². The average Bonchev–Trinajstić information content (AvgIpc) is 3.29. The Hall–Kier alpha value is -2.93. The van der Waals surface area contributed by atoms with E-state index in [1.54, 1.807) is 6.20 Å². The molecule has 2 saturated heterocycles. The number of ether oxygens (including phenoxy) is 1. The highest BCUT2D eigenvalue weighted by molar-refractivity contribution is 5.68. The van der Waals surface area contributed by atoms with Gasteiger partial charge in [0.1, 0.15) is 5.60 Å². The lowest BCUT2D eigenvalue weighted by molar-refractivity contribution is 0.0231. The van der Waals surface area contributed by atoms with Crippen LogP contribution in [0.3, 0.4) is 0 Å². The summed E-state index contributed by atoms with van der Waals surface area (Å²) < 4.78 is 7.82. The Balaban J connectivity index is 1.44. The van der Waals surface area contributed by atoms with Crippen LogP contribution in [0.4, 0.5) is 4.79 Å². The fraction of sp³-hybridized carbons (Fsp3) is 0.536. The number of carbonyl (C=O) groups is 1. The standard InChI is InChI=1S/C28H37N5O2/c1-19(2)20-7-9-21(10-8-20)25-24(32-15-6-14-29-26(32)30-25)18-33-22-11-12-23(33)17-31(16-13-22)27(34)35-28(3,4)5/h6-10,14-15,19,22-23H,11-13,16-18H2,1-5H3. The van der Waals surface area contributed by atoms with E-state index in [9.17, 15) is 4.79 Å². The zero-order valence-electron chi connectivity index (χ0n) is 21.6. The van der Waals surface area contributed by atoms with Gasteiger partial charge in [-0.25, -0.2) is 14.8 Å². The molecule has 7 nitrogen and oxygen atoms in total. The molecule has 0 saturated carbocycles. The molecule has 0 aliphatic carbocycles. The largest absolute Gasteiger partial charge is 0.444 e. The van der Waals surface area contributed by atoms with Crippen molar-refractivity contribution in [1.29, 1.82) is 0 Å². The zero-order chi connectivity index (χ0) is 24.7. The second kappa shape index (κ2) is 9.26. The summed E-state index contributed by atoms with van der Waals surface area (Å²) >= 11 is 0. The van der Waals surface area contributed by atoms with Crippen molar-refractivity contribution in [2.45, 2.75) is 84.0 Å². The highest BCUT2D eigenvalue weighted by atomic mass is 16.6. The zero-order valence-corrected chi connectivity index (χ0v) is 21.6. The minimum absolute atomic E-state index is 0.199. The number of amides is 1. The molecule has 2 aromatic heterocycles. The number of hydrogen-bond acceptors (Lipinski definition) is 5. The first kappa shape index (κ1) is 23.8.